The first-order chi connectivity index (χ1) is 11.5. The Bertz CT molecular complexity index is 814. The van der Waals surface area contributed by atoms with Gasteiger partial charge in [0.15, 0.2) is 0 Å². The summed E-state index contributed by atoms with van der Waals surface area (Å²) in [5.41, 5.74) is 1.63. The fourth-order valence-corrected chi connectivity index (χ4v) is 2.35. The molecule has 0 bridgehead atoms. The number of amides is 2. The fourth-order valence-electron chi connectivity index (χ4n) is 2.35. The van der Waals surface area contributed by atoms with Crippen molar-refractivity contribution >= 4 is 11.7 Å². The number of carbonyl (C=O) groups excluding carboxylic acids is 1. The summed E-state index contributed by atoms with van der Waals surface area (Å²) in [4.78, 5) is 28.0. The molecule has 0 radical (unpaired) electrons. The monoisotopic (exact) mass is 330 g/mol. The van der Waals surface area contributed by atoms with E-state index in [1.807, 2.05) is 0 Å². The Labute approximate surface area is 138 Å². The molecule has 0 atom stereocenters. The molecule has 0 unspecified atom stereocenters. The van der Waals surface area contributed by atoms with Gasteiger partial charge in [0.1, 0.15) is 5.82 Å². The molecule has 0 aliphatic heterocycles. The van der Waals surface area contributed by atoms with Gasteiger partial charge in [-0.15, -0.1) is 0 Å². The Morgan fingerprint density at radius 3 is 2.83 bits per heavy atom. The van der Waals surface area contributed by atoms with Gasteiger partial charge >= 0.3 is 6.03 Å². The Balaban J connectivity index is 1.49. The smallest absolute Gasteiger partial charge is 0.319 e. The molecule has 1 saturated carbocycles. The third kappa shape index (κ3) is 3.98. The number of rotatable bonds is 5. The third-order valence-corrected chi connectivity index (χ3v) is 3.96. The van der Waals surface area contributed by atoms with Crippen molar-refractivity contribution in [2.45, 2.75) is 32.2 Å². The summed E-state index contributed by atoms with van der Waals surface area (Å²) < 4.78 is 14.9. The van der Waals surface area contributed by atoms with Gasteiger partial charge in [0, 0.05) is 30.8 Å². The summed E-state index contributed by atoms with van der Waals surface area (Å²) in [6.45, 7) is 2.25. The van der Waals surface area contributed by atoms with Crippen LogP contribution in [0.25, 0.3) is 0 Å². The molecule has 0 spiro atoms. The standard InChI is InChI=1S/C17H19FN4O2/c1-11-2-5-13(8-14(11)18)21-17(24)19-6-7-22-10-20-15(9-16(22)23)12-3-4-12/h2,5,8-10,12H,3-4,6-7H2,1H3,(H2,19,21,24). The van der Waals surface area contributed by atoms with Crippen molar-refractivity contribution in [3.8, 4) is 0 Å². The Hall–Kier alpha value is -2.70. The highest BCUT2D eigenvalue weighted by molar-refractivity contribution is 5.89. The van der Waals surface area contributed by atoms with Gasteiger partial charge in [-0.3, -0.25) is 9.36 Å². The van der Waals surface area contributed by atoms with Gasteiger partial charge in [-0.05, 0) is 37.5 Å². The molecule has 24 heavy (non-hydrogen) atoms. The van der Waals surface area contributed by atoms with E-state index in [9.17, 15) is 14.0 Å². The number of aromatic nitrogens is 2. The van der Waals surface area contributed by atoms with Crippen LogP contribution in [0.2, 0.25) is 0 Å². The molecule has 7 heteroatoms. The van der Waals surface area contributed by atoms with Crippen LogP contribution in [0.1, 0.15) is 30.0 Å². The Kier molecular flexibility index (Phi) is 4.59. The van der Waals surface area contributed by atoms with E-state index < -0.39 is 6.03 Å². The van der Waals surface area contributed by atoms with Crippen molar-refractivity contribution in [1.82, 2.24) is 14.9 Å². The predicted octanol–water partition coefficient (Wildman–Crippen LogP) is 2.39. The van der Waals surface area contributed by atoms with Crippen molar-refractivity contribution in [2.24, 2.45) is 0 Å². The normalized spacial score (nSPS) is 13.6. The molecule has 0 saturated heterocycles. The molecular weight excluding hydrogens is 311 g/mol. The number of hydrogen-bond acceptors (Lipinski definition) is 3. The minimum absolute atomic E-state index is 0.116. The summed E-state index contributed by atoms with van der Waals surface area (Å²) in [5.74, 6) is 0.0623. The molecule has 3 rings (SSSR count). The van der Waals surface area contributed by atoms with E-state index in [0.717, 1.165) is 18.5 Å². The zero-order valence-electron chi connectivity index (χ0n) is 13.4. The van der Waals surface area contributed by atoms with E-state index in [4.69, 9.17) is 0 Å². The molecular formula is C17H19FN4O2. The molecule has 2 amide bonds. The zero-order valence-corrected chi connectivity index (χ0v) is 13.4. The molecule has 6 nitrogen and oxygen atoms in total. The van der Waals surface area contributed by atoms with Crippen LogP contribution in [0.15, 0.2) is 35.4 Å². The molecule has 1 fully saturated rings. The maximum atomic E-state index is 13.4. The number of hydrogen-bond donors (Lipinski definition) is 2. The van der Waals surface area contributed by atoms with Crippen LogP contribution < -0.4 is 16.2 Å². The van der Waals surface area contributed by atoms with E-state index in [0.29, 0.717) is 23.7 Å². The molecule has 2 aromatic rings. The lowest BCUT2D eigenvalue weighted by atomic mass is 10.2. The first kappa shape index (κ1) is 16.2. The zero-order chi connectivity index (χ0) is 17.1. The molecule has 1 heterocycles. The predicted molar refractivity (Wildman–Crippen MR) is 88.6 cm³/mol. The number of aryl methyl sites for hydroxylation is 1. The minimum Gasteiger partial charge on any atom is -0.336 e. The van der Waals surface area contributed by atoms with E-state index in [1.54, 1.807) is 25.1 Å². The van der Waals surface area contributed by atoms with Crippen LogP contribution in [0.3, 0.4) is 0 Å². The first-order valence-electron chi connectivity index (χ1n) is 7.90. The summed E-state index contributed by atoms with van der Waals surface area (Å²) in [5, 5.41) is 5.18. The van der Waals surface area contributed by atoms with E-state index in [1.165, 1.54) is 17.0 Å². The highest BCUT2D eigenvalue weighted by Crippen LogP contribution is 2.38. The second kappa shape index (κ2) is 6.82. The lowest BCUT2D eigenvalue weighted by Crippen LogP contribution is -2.33. The number of nitrogens with zero attached hydrogens (tertiary/aromatic N) is 2. The van der Waals surface area contributed by atoms with Crippen molar-refractivity contribution in [3.05, 3.63) is 58.0 Å². The maximum absolute atomic E-state index is 13.4. The SMILES string of the molecule is Cc1ccc(NC(=O)NCCn2cnc(C3CC3)cc2=O)cc1F. The van der Waals surface area contributed by atoms with E-state index >= 15 is 0 Å². The Morgan fingerprint density at radius 1 is 1.38 bits per heavy atom. The van der Waals surface area contributed by atoms with Gasteiger partial charge in [0.05, 0.1) is 12.0 Å². The average molecular weight is 330 g/mol. The van der Waals surface area contributed by atoms with Gasteiger partial charge in [-0.2, -0.15) is 0 Å². The fraction of sp³-hybridized carbons (Fsp3) is 0.353. The van der Waals surface area contributed by atoms with Crippen LogP contribution in [0, 0.1) is 12.7 Å². The quantitative estimate of drug-likeness (QED) is 0.884. The number of carbonyl (C=O) groups is 1. The van der Waals surface area contributed by atoms with Gasteiger partial charge in [0.2, 0.25) is 0 Å². The summed E-state index contributed by atoms with van der Waals surface area (Å²) in [7, 11) is 0. The highest BCUT2D eigenvalue weighted by atomic mass is 19.1. The average Bonchev–Trinajstić information content (AvgIpc) is 3.37. The molecule has 1 aliphatic rings. The topological polar surface area (TPSA) is 76.0 Å². The molecule has 1 aromatic heterocycles. The lowest BCUT2D eigenvalue weighted by Gasteiger charge is -2.09. The van der Waals surface area contributed by atoms with Gasteiger partial charge in [0.25, 0.3) is 5.56 Å². The number of urea groups is 1. The molecule has 1 aromatic carbocycles. The molecule has 2 N–H and O–H groups in total. The second-order valence-electron chi connectivity index (χ2n) is 5.96. The largest absolute Gasteiger partial charge is 0.336 e. The molecule has 1 aliphatic carbocycles. The maximum Gasteiger partial charge on any atom is 0.319 e. The van der Waals surface area contributed by atoms with Crippen LogP contribution in [0.4, 0.5) is 14.9 Å². The molecule has 126 valence electrons. The summed E-state index contributed by atoms with van der Waals surface area (Å²) in [6.07, 6.45) is 3.71. The highest BCUT2D eigenvalue weighted by Gasteiger charge is 2.25. The van der Waals surface area contributed by atoms with Gasteiger partial charge < -0.3 is 10.6 Å². The summed E-state index contributed by atoms with van der Waals surface area (Å²) >= 11 is 0. The number of nitrogens with one attached hydrogen (secondary N) is 2. The van der Waals surface area contributed by atoms with Crippen molar-refractivity contribution in [2.75, 3.05) is 11.9 Å². The van der Waals surface area contributed by atoms with E-state index in [-0.39, 0.29) is 17.9 Å². The van der Waals surface area contributed by atoms with Crippen molar-refractivity contribution in [3.63, 3.8) is 0 Å². The van der Waals surface area contributed by atoms with E-state index in [2.05, 4.69) is 15.6 Å². The number of halogens is 1. The van der Waals surface area contributed by atoms with Crippen LogP contribution in [0.5, 0.6) is 0 Å². The second-order valence-corrected chi connectivity index (χ2v) is 5.96. The lowest BCUT2D eigenvalue weighted by molar-refractivity contribution is 0.251. The van der Waals surface area contributed by atoms with Gasteiger partial charge in [-0.1, -0.05) is 6.07 Å². The number of benzene rings is 1. The summed E-state index contributed by atoms with van der Waals surface area (Å²) in [6, 6.07) is 5.60. The first-order valence-corrected chi connectivity index (χ1v) is 7.90. The Morgan fingerprint density at radius 2 is 2.17 bits per heavy atom. The number of anilines is 1. The van der Waals surface area contributed by atoms with Crippen molar-refractivity contribution in [1.29, 1.82) is 0 Å². The van der Waals surface area contributed by atoms with Crippen LogP contribution in [-0.2, 0) is 6.54 Å². The minimum atomic E-state index is -0.450. The van der Waals surface area contributed by atoms with Crippen molar-refractivity contribution < 1.29 is 9.18 Å². The van der Waals surface area contributed by atoms with Crippen LogP contribution in [-0.4, -0.2) is 22.1 Å². The van der Waals surface area contributed by atoms with Crippen LogP contribution >= 0.6 is 0 Å². The van der Waals surface area contributed by atoms with Gasteiger partial charge in [-0.25, -0.2) is 14.2 Å². The third-order valence-electron chi connectivity index (χ3n) is 3.96.